The number of likely N-dealkylation sites (tertiary alicyclic amines) is 1. The molecule has 2 atom stereocenters. The number of hydrogen-bond donors (Lipinski definition) is 0. The van der Waals surface area contributed by atoms with Crippen LogP contribution in [0.25, 0.3) is 0 Å². The van der Waals surface area contributed by atoms with Gasteiger partial charge in [0.25, 0.3) is 0 Å². The summed E-state index contributed by atoms with van der Waals surface area (Å²) in [6, 6.07) is 0. The molecule has 0 N–H and O–H groups in total. The topological polar surface area (TPSA) is 21.7 Å². The molecule has 0 spiro atoms. The number of unbranched alkanes of at least 4 members (excludes halogenated alkanes) is 14. The highest BCUT2D eigenvalue weighted by Crippen LogP contribution is 2.17. The van der Waals surface area contributed by atoms with Crippen LogP contribution >= 0.6 is 0 Å². The van der Waals surface area contributed by atoms with E-state index in [1.807, 2.05) is 0 Å². The Hall–Kier alpha value is -0.640. The zero-order valence-corrected chi connectivity index (χ0v) is 23.3. The maximum atomic E-state index is 6.23. The predicted octanol–water partition coefficient (Wildman–Crippen LogP) is 8.88. The Morgan fingerprint density at radius 2 is 0.971 bits per heavy atom. The minimum atomic E-state index is 0.267. The Morgan fingerprint density at radius 3 is 1.50 bits per heavy atom. The third-order valence-electron chi connectivity index (χ3n) is 6.90. The van der Waals surface area contributed by atoms with Crippen LogP contribution in [0, 0.1) is 0 Å². The van der Waals surface area contributed by atoms with Gasteiger partial charge in [0.2, 0.25) is 0 Å². The standard InChI is InChI=1S/C31H59NO2/c1-4-6-8-10-12-13-14-15-16-17-18-19-20-21-23-25-27-34-31-29-32(3)28-30(31)33-26-24-22-11-9-7-5-2/h12-13,15-16,30-31H,4-11,14,17-29H2,1-3H3/b13-12-,16-15-/t30-,31-/m0/s1. The lowest BCUT2D eigenvalue weighted by Crippen LogP contribution is -2.30. The van der Waals surface area contributed by atoms with Crippen LogP contribution in [0.4, 0.5) is 0 Å². The second-order valence-corrected chi connectivity index (χ2v) is 10.4. The van der Waals surface area contributed by atoms with E-state index in [4.69, 9.17) is 9.47 Å². The number of ether oxygens (including phenoxy) is 2. The molecule has 0 aliphatic carbocycles. The Morgan fingerprint density at radius 1 is 0.559 bits per heavy atom. The molecule has 1 aliphatic rings. The molecule has 1 saturated heterocycles. The van der Waals surface area contributed by atoms with E-state index in [1.54, 1.807) is 0 Å². The number of nitrogens with zero attached hydrogens (tertiary/aromatic N) is 1. The maximum absolute atomic E-state index is 6.23. The van der Waals surface area contributed by atoms with Crippen molar-refractivity contribution in [2.45, 2.75) is 142 Å². The average molecular weight is 478 g/mol. The van der Waals surface area contributed by atoms with Gasteiger partial charge in [-0.3, -0.25) is 0 Å². The summed E-state index contributed by atoms with van der Waals surface area (Å²) in [6.07, 6.45) is 33.3. The van der Waals surface area contributed by atoms with Crippen molar-refractivity contribution in [3.63, 3.8) is 0 Å². The lowest BCUT2D eigenvalue weighted by molar-refractivity contribution is -0.0481. The highest BCUT2D eigenvalue weighted by Gasteiger charge is 2.32. The second-order valence-electron chi connectivity index (χ2n) is 10.4. The van der Waals surface area contributed by atoms with E-state index in [0.717, 1.165) is 32.7 Å². The van der Waals surface area contributed by atoms with Crippen LogP contribution in [0.5, 0.6) is 0 Å². The first-order valence-corrected chi connectivity index (χ1v) is 15.0. The lowest BCUT2D eigenvalue weighted by atomic mass is 10.1. The van der Waals surface area contributed by atoms with E-state index >= 15 is 0 Å². The summed E-state index contributed by atoms with van der Waals surface area (Å²) >= 11 is 0. The first-order chi connectivity index (χ1) is 16.8. The van der Waals surface area contributed by atoms with Gasteiger partial charge in [-0.1, -0.05) is 109 Å². The number of rotatable bonds is 24. The molecule has 0 radical (unpaired) electrons. The van der Waals surface area contributed by atoms with E-state index in [1.165, 1.54) is 109 Å². The van der Waals surface area contributed by atoms with E-state index in [-0.39, 0.29) is 12.2 Å². The van der Waals surface area contributed by atoms with Crippen LogP contribution in [0.1, 0.15) is 129 Å². The number of allylic oxidation sites excluding steroid dienone is 4. The molecule has 3 heteroatoms. The van der Waals surface area contributed by atoms with Gasteiger partial charge in [-0.2, -0.15) is 0 Å². The van der Waals surface area contributed by atoms with Gasteiger partial charge in [0.1, 0.15) is 0 Å². The Kier molecular flexibility index (Phi) is 22.2. The number of hydrogen-bond acceptors (Lipinski definition) is 3. The Bertz CT molecular complexity index is 476. The number of likely N-dealkylation sites (N-methyl/N-ethyl adjacent to an activating group) is 1. The predicted molar refractivity (Wildman–Crippen MR) is 150 cm³/mol. The van der Waals surface area contributed by atoms with E-state index in [2.05, 4.69) is 50.1 Å². The minimum absolute atomic E-state index is 0.267. The van der Waals surface area contributed by atoms with E-state index in [0.29, 0.717) is 0 Å². The largest absolute Gasteiger partial charge is 0.374 e. The van der Waals surface area contributed by atoms with Crippen molar-refractivity contribution in [1.82, 2.24) is 4.90 Å². The van der Waals surface area contributed by atoms with Gasteiger partial charge >= 0.3 is 0 Å². The van der Waals surface area contributed by atoms with Gasteiger partial charge in [-0.25, -0.2) is 0 Å². The quantitative estimate of drug-likeness (QED) is 0.102. The third kappa shape index (κ3) is 18.7. The summed E-state index contributed by atoms with van der Waals surface area (Å²) in [4.78, 5) is 2.36. The van der Waals surface area contributed by atoms with Crippen LogP contribution in [0.2, 0.25) is 0 Å². The van der Waals surface area contributed by atoms with Crippen molar-refractivity contribution >= 4 is 0 Å². The van der Waals surface area contributed by atoms with Crippen LogP contribution in [0.15, 0.2) is 24.3 Å². The monoisotopic (exact) mass is 477 g/mol. The molecular weight excluding hydrogens is 418 g/mol. The molecule has 1 aliphatic heterocycles. The Labute approximate surface area is 213 Å². The Balaban J connectivity index is 1.91. The molecule has 0 aromatic heterocycles. The fraction of sp³-hybridized carbons (Fsp3) is 0.871. The highest BCUT2D eigenvalue weighted by atomic mass is 16.5. The molecule has 3 nitrogen and oxygen atoms in total. The fourth-order valence-electron chi connectivity index (χ4n) is 4.69. The van der Waals surface area contributed by atoms with Crippen molar-refractivity contribution in [2.75, 3.05) is 33.4 Å². The molecule has 0 unspecified atom stereocenters. The molecule has 0 amide bonds. The third-order valence-corrected chi connectivity index (χ3v) is 6.90. The summed E-state index contributed by atoms with van der Waals surface area (Å²) in [5.74, 6) is 0. The molecule has 1 heterocycles. The summed E-state index contributed by atoms with van der Waals surface area (Å²) in [5, 5.41) is 0. The molecule has 0 aromatic rings. The maximum Gasteiger partial charge on any atom is 0.0975 e. The molecule has 34 heavy (non-hydrogen) atoms. The zero-order chi connectivity index (χ0) is 24.5. The highest BCUT2D eigenvalue weighted by molar-refractivity contribution is 4.92. The van der Waals surface area contributed by atoms with Gasteiger partial charge in [-0.05, 0) is 52.0 Å². The van der Waals surface area contributed by atoms with Crippen molar-refractivity contribution < 1.29 is 9.47 Å². The molecular formula is C31H59NO2. The van der Waals surface area contributed by atoms with Crippen molar-refractivity contribution in [3.05, 3.63) is 24.3 Å². The zero-order valence-electron chi connectivity index (χ0n) is 23.3. The fourth-order valence-corrected chi connectivity index (χ4v) is 4.69. The van der Waals surface area contributed by atoms with Gasteiger partial charge < -0.3 is 14.4 Å². The van der Waals surface area contributed by atoms with E-state index < -0.39 is 0 Å². The lowest BCUT2D eigenvalue weighted by Gasteiger charge is -2.20. The molecule has 1 fully saturated rings. The van der Waals surface area contributed by atoms with Crippen molar-refractivity contribution in [2.24, 2.45) is 0 Å². The summed E-state index contributed by atoms with van der Waals surface area (Å²) in [5.41, 5.74) is 0. The van der Waals surface area contributed by atoms with Crippen molar-refractivity contribution in [3.8, 4) is 0 Å². The summed E-state index contributed by atoms with van der Waals surface area (Å²) in [6.45, 7) is 8.36. The van der Waals surface area contributed by atoms with Crippen LogP contribution in [0.3, 0.4) is 0 Å². The van der Waals surface area contributed by atoms with Gasteiger partial charge in [-0.15, -0.1) is 0 Å². The summed E-state index contributed by atoms with van der Waals surface area (Å²) in [7, 11) is 2.19. The smallest absolute Gasteiger partial charge is 0.0975 e. The minimum Gasteiger partial charge on any atom is -0.374 e. The molecule has 0 saturated carbocycles. The van der Waals surface area contributed by atoms with Gasteiger partial charge in [0, 0.05) is 26.3 Å². The van der Waals surface area contributed by atoms with Crippen molar-refractivity contribution in [1.29, 1.82) is 0 Å². The summed E-state index contributed by atoms with van der Waals surface area (Å²) < 4.78 is 12.4. The van der Waals surface area contributed by atoms with Crippen LogP contribution in [-0.4, -0.2) is 50.5 Å². The van der Waals surface area contributed by atoms with Gasteiger partial charge in [0.15, 0.2) is 0 Å². The van der Waals surface area contributed by atoms with E-state index in [9.17, 15) is 0 Å². The first kappa shape index (κ1) is 31.4. The average Bonchev–Trinajstić information content (AvgIpc) is 3.19. The normalized spacial score (nSPS) is 19.3. The first-order valence-electron chi connectivity index (χ1n) is 15.0. The van der Waals surface area contributed by atoms with Crippen LogP contribution in [-0.2, 0) is 9.47 Å². The van der Waals surface area contributed by atoms with Crippen LogP contribution < -0.4 is 0 Å². The molecule has 0 bridgehead atoms. The van der Waals surface area contributed by atoms with Gasteiger partial charge in [0.05, 0.1) is 12.2 Å². The molecule has 0 aromatic carbocycles. The molecule has 1 rings (SSSR count). The SMILES string of the molecule is CCCCC/C=C\C/C=C\CCCCCCCCO[C@H]1CN(C)C[C@@H]1OCCCCCCCC. The second kappa shape index (κ2) is 24.1. The molecule has 200 valence electrons.